The molecular weight excluding hydrogens is 928 g/mol. The minimum absolute atomic E-state index is 0.0321. The number of nitrogens with zero attached hydrogens (tertiary/aromatic N) is 1. The fourth-order valence-corrected chi connectivity index (χ4v) is 9.22. The third-order valence-electron chi connectivity index (χ3n) is 13.2. The van der Waals surface area contributed by atoms with Crippen LogP contribution < -0.4 is 10.2 Å². The molecule has 3 atom stereocenters. The number of phosphoric acid groups is 1. The summed E-state index contributed by atoms with van der Waals surface area (Å²) in [5, 5.41) is 3.01. The molecule has 424 valence electrons. The number of esters is 1. The SMILES string of the molecule is CC/C=C\C/C=C\C/C=C\C/C=C\C/C=C\CCCC(=O)OC(/C=C/CCCCCCCCCCC)C(COP(=O)([O-])OCC[N+](C)(C)C)NC(=O)CCCCCCCCCCCCCCCCCCCCC. The number of likely N-dealkylation sites (N-methyl/N-ethyl adjacent to an activating group) is 1. The van der Waals surface area contributed by atoms with E-state index in [1.807, 2.05) is 33.3 Å². The maximum absolute atomic E-state index is 13.5. The second-order valence-electron chi connectivity index (χ2n) is 21.5. The van der Waals surface area contributed by atoms with Gasteiger partial charge in [-0.2, -0.15) is 0 Å². The van der Waals surface area contributed by atoms with Gasteiger partial charge in [-0.1, -0.05) is 255 Å². The summed E-state index contributed by atoms with van der Waals surface area (Å²) in [6, 6.07) is -0.911. The average Bonchev–Trinajstić information content (AvgIpc) is 3.35. The molecule has 0 aromatic rings. The highest BCUT2D eigenvalue weighted by molar-refractivity contribution is 7.45. The van der Waals surface area contributed by atoms with Gasteiger partial charge in [0.15, 0.2) is 0 Å². The van der Waals surface area contributed by atoms with E-state index in [0.29, 0.717) is 23.9 Å². The zero-order chi connectivity index (χ0) is 53.6. The highest BCUT2D eigenvalue weighted by atomic mass is 31.2. The lowest BCUT2D eigenvalue weighted by molar-refractivity contribution is -0.870. The Balaban J connectivity index is 5.31. The Hall–Kier alpha value is -2.55. The van der Waals surface area contributed by atoms with E-state index in [0.717, 1.165) is 77.0 Å². The average molecular weight is 1040 g/mol. The van der Waals surface area contributed by atoms with Crippen molar-refractivity contribution in [2.24, 2.45) is 0 Å². The Kier molecular flexibility index (Phi) is 51.0. The maximum Gasteiger partial charge on any atom is 0.306 e. The zero-order valence-corrected chi connectivity index (χ0v) is 49.2. The van der Waals surface area contributed by atoms with Crippen LogP contribution in [0.4, 0.5) is 0 Å². The van der Waals surface area contributed by atoms with Gasteiger partial charge in [0.25, 0.3) is 7.82 Å². The predicted octanol–water partition coefficient (Wildman–Crippen LogP) is 17.8. The molecule has 73 heavy (non-hydrogen) atoms. The normalized spacial score (nSPS) is 14.2. The van der Waals surface area contributed by atoms with Crippen LogP contribution in [0.1, 0.15) is 265 Å². The Morgan fingerprint density at radius 1 is 0.493 bits per heavy atom. The second-order valence-corrected chi connectivity index (χ2v) is 22.9. The minimum atomic E-state index is -4.71. The molecule has 0 aliphatic heterocycles. The molecule has 0 radical (unpaired) electrons. The van der Waals surface area contributed by atoms with Crippen molar-refractivity contribution >= 4 is 19.7 Å². The molecule has 3 unspecified atom stereocenters. The smallest absolute Gasteiger partial charge is 0.306 e. The number of unbranched alkanes of at least 4 members (excludes halogenated alkanes) is 28. The number of hydrogen-bond donors (Lipinski definition) is 1. The van der Waals surface area contributed by atoms with Crippen molar-refractivity contribution in [1.29, 1.82) is 0 Å². The van der Waals surface area contributed by atoms with Crippen molar-refractivity contribution < 1.29 is 37.3 Å². The van der Waals surface area contributed by atoms with Crippen molar-refractivity contribution in [2.75, 3.05) is 40.9 Å². The Morgan fingerprint density at radius 3 is 1.33 bits per heavy atom. The van der Waals surface area contributed by atoms with Crippen LogP contribution in [0.5, 0.6) is 0 Å². The summed E-state index contributed by atoms with van der Waals surface area (Å²) < 4.78 is 30.2. The van der Waals surface area contributed by atoms with Crippen molar-refractivity contribution in [3.8, 4) is 0 Å². The topological polar surface area (TPSA) is 114 Å². The van der Waals surface area contributed by atoms with Gasteiger partial charge in [-0.25, -0.2) is 0 Å². The molecule has 0 rings (SSSR count). The molecule has 9 nitrogen and oxygen atoms in total. The first-order chi connectivity index (χ1) is 35.4. The number of amides is 1. The van der Waals surface area contributed by atoms with Gasteiger partial charge in [-0.15, -0.1) is 0 Å². The van der Waals surface area contributed by atoms with Gasteiger partial charge in [0.2, 0.25) is 5.91 Å². The number of phosphoric ester groups is 1. The minimum Gasteiger partial charge on any atom is -0.756 e. The van der Waals surface area contributed by atoms with Crippen molar-refractivity contribution in [3.05, 3.63) is 72.9 Å². The van der Waals surface area contributed by atoms with Gasteiger partial charge in [0, 0.05) is 12.8 Å². The van der Waals surface area contributed by atoms with Crippen molar-refractivity contribution in [2.45, 2.75) is 277 Å². The molecule has 0 saturated carbocycles. The van der Waals surface area contributed by atoms with Crippen molar-refractivity contribution in [3.63, 3.8) is 0 Å². The number of quaternary nitrogens is 1. The van der Waals surface area contributed by atoms with Crippen LogP contribution in [-0.2, 0) is 27.9 Å². The molecule has 0 spiro atoms. The predicted molar refractivity (Wildman–Crippen MR) is 312 cm³/mol. The molecule has 10 heteroatoms. The summed E-state index contributed by atoms with van der Waals surface area (Å²) in [4.78, 5) is 39.9. The van der Waals surface area contributed by atoms with Crippen LogP contribution in [0.25, 0.3) is 0 Å². The lowest BCUT2D eigenvalue weighted by Crippen LogP contribution is -2.47. The van der Waals surface area contributed by atoms with E-state index in [9.17, 15) is 19.0 Å². The molecule has 0 saturated heterocycles. The van der Waals surface area contributed by atoms with E-state index in [1.54, 1.807) is 0 Å². The van der Waals surface area contributed by atoms with Gasteiger partial charge in [-0.3, -0.25) is 14.2 Å². The van der Waals surface area contributed by atoms with Crippen molar-refractivity contribution in [1.82, 2.24) is 5.32 Å². The van der Waals surface area contributed by atoms with Crippen LogP contribution in [0.2, 0.25) is 0 Å². The molecule has 0 fully saturated rings. The number of allylic oxidation sites excluding steroid dienone is 11. The van der Waals surface area contributed by atoms with E-state index in [1.165, 1.54) is 148 Å². The van der Waals surface area contributed by atoms with Crippen LogP contribution in [-0.4, -0.2) is 69.4 Å². The van der Waals surface area contributed by atoms with Crippen LogP contribution in [0.15, 0.2) is 72.9 Å². The number of rotatable bonds is 54. The molecule has 1 amide bonds. The lowest BCUT2D eigenvalue weighted by atomic mass is 10.0. The summed E-state index contributed by atoms with van der Waals surface area (Å²) in [7, 11) is 1.15. The zero-order valence-electron chi connectivity index (χ0n) is 48.3. The maximum atomic E-state index is 13.5. The summed E-state index contributed by atoms with van der Waals surface area (Å²) >= 11 is 0. The lowest BCUT2D eigenvalue weighted by Gasteiger charge is -2.30. The first-order valence-corrected chi connectivity index (χ1v) is 31.7. The van der Waals surface area contributed by atoms with E-state index in [4.69, 9.17) is 13.8 Å². The largest absolute Gasteiger partial charge is 0.756 e. The standard InChI is InChI=1S/C63H115N2O7P/c1-7-10-13-16-19-22-25-27-29-31-32-34-35-37-40-43-46-49-52-55-62(66)64-60(59-71-73(68,69)70-58-57-65(4,5)6)61(54-51-48-45-42-39-24-21-18-15-12-9-3)72-63(67)56-53-50-47-44-41-38-36-33-30-28-26-23-20-17-14-11-8-2/h11,14,20,23,28,30,36,38,44,47,51,54,60-61H,7-10,12-13,15-19,21-22,24-27,29,31-35,37,39-43,45-46,48-50,52-53,55-59H2,1-6H3,(H-,64,66,68,69)/b14-11-,23-20-,30-28-,38-36-,47-44-,54-51+. The Bertz CT molecular complexity index is 1480. The summed E-state index contributed by atoms with van der Waals surface area (Å²) in [6.45, 7) is 6.70. The van der Waals surface area contributed by atoms with E-state index in [2.05, 4.69) is 86.8 Å². The number of hydrogen-bond acceptors (Lipinski definition) is 7. The molecule has 0 aliphatic carbocycles. The summed E-state index contributed by atoms with van der Waals surface area (Å²) in [5.74, 6) is -0.605. The molecule has 1 N–H and O–H groups in total. The monoisotopic (exact) mass is 1040 g/mol. The first kappa shape index (κ1) is 70.5. The van der Waals surface area contributed by atoms with E-state index in [-0.39, 0.29) is 18.9 Å². The van der Waals surface area contributed by atoms with Crippen LogP contribution >= 0.6 is 7.82 Å². The number of ether oxygens (including phenoxy) is 1. The third kappa shape index (κ3) is 54.1. The molecular formula is C63H115N2O7P. The highest BCUT2D eigenvalue weighted by Crippen LogP contribution is 2.38. The fourth-order valence-electron chi connectivity index (χ4n) is 8.50. The number of carbonyl (C=O) groups excluding carboxylic acids is 2. The summed E-state index contributed by atoms with van der Waals surface area (Å²) in [6.07, 6.45) is 67.4. The van der Waals surface area contributed by atoms with Gasteiger partial charge < -0.3 is 28.5 Å². The van der Waals surface area contributed by atoms with E-state index >= 15 is 0 Å². The van der Waals surface area contributed by atoms with E-state index < -0.39 is 32.5 Å². The number of carbonyl (C=O) groups is 2. The highest BCUT2D eigenvalue weighted by Gasteiger charge is 2.27. The molecule has 0 aromatic carbocycles. The second kappa shape index (κ2) is 52.9. The first-order valence-electron chi connectivity index (χ1n) is 30.2. The van der Waals surface area contributed by atoms with Gasteiger partial charge in [-0.05, 0) is 70.3 Å². The molecule has 0 bridgehead atoms. The fraction of sp³-hybridized carbons (Fsp3) is 0.778. The Morgan fingerprint density at radius 2 is 0.890 bits per heavy atom. The van der Waals surface area contributed by atoms with Gasteiger partial charge in [0.05, 0.1) is 33.8 Å². The third-order valence-corrected chi connectivity index (χ3v) is 14.1. The molecule has 0 heterocycles. The van der Waals surface area contributed by atoms with Gasteiger partial charge in [0.1, 0.15) is 19.3 Å². The number of nitrogens with one attached hydrogen (secondary N) is 1. The van der Waals surface area contributed by atoms with Gasteiger partial charge >= 0.3 is 5.97 Å². The quantitative estimate of drug-likeness (QED) is 0.0212. The van der Waals surface area contributed by atoms with Crippen LogP contribution in [0.3, 0.4) is 0 Å². The molecule has 0 aliphatic rings. The summed E-state index contributed by atoms with van der Waals surface area (Å²) in [5.41, 5.74) is 0. The molecule has 0 aromatic heterocycles. The van der Waals surface area contributed by atoms with Crippen LogP contribution in [0, 0.1) is 0 Å². The Labute approximate surface area is 451 Å².